The average molecular weight is 347 g/mol. The van der Waals surface area contributed by atoms with Gasteiger partial charge in [0.25, 0.3) is 0 Å². The molecular formula is C13H11BrN6O. The van der Waals surface area contributed by atoms with Gasteiger partial charge in [-0.05, 0) is 28.1 Å². The molecule has 21 heavy (non-hydrogen) atoms. The Morgan fingerprint density at radius 1 is 1.19 bits per heavy atom. The van der Waals surface area contributed by atoms with Gasteiger partial charge in [0.05, 0.1) is 4.47 Å². The van der Waals surface area contributed by atoms with E-state index in [1.165, 1.54) is 0 Å². The van der Waals surface area contributed by atoms with E-state index in [4.69, 9.17) is 4.74 Å². The zero-order chi connectivity index (χ0) is 14.7. The molecule has 0 aliphatic heterocycles. The standard InChI is InChI=1S/C13H11BrN6O/c1-15-11-17-12(20-7-6-16-8-20)19-13(18-11)21-10-5-3-2-4-9(10)14/h2-8H,1H3,(H,15,17,18,19). The highest BCUT2D eigenvalue weighted by molar-refractivity contribution is 9.10. The summed E-state index contributed by atoms with van der Waals surface area (Å²) in [6.07, 6.45) is 5.01. The maximum atomic E-state index is 5.71. The van der Waals surface area contributed by atoms with E-state index in [9.17, 15) is 0 Å². The first-order chi connectivity index (χ1) is 10.3. The first kappa shape index (κ1) is 13.5. The molecule has 106 valence electrons. The normalized spacial score (nSPS) is 10.4. The van der Waals surface area contributed by atoms with Gasteiger partial charge >= 0.3 is 6.01 Å². The molecule has 7 nitrogen and oxygen atoms in total. The molecule has 2 aromatic heterocycles. The van der Waals surface area contributed by atoms with E-state index in [2.05, 4.69) is 41.2 Å². The Balaban J connectivity index is 1.99. The smallest absolute Gasteiger partial charge is 0.328 e. The van der Waals surface area contributed by atoms with E-state index >= 15 is 0 Å². The molecule has 0 radical (unpaired) electrons. The van der Waals surface area contributed by atoms with Crippen LogP contribution in [0.15, 0.2) is 47.5 Å². The number of benzene rings is 1. The molecule has 3 aromatic rings. The van der Waals surface area contributed by atoms with Gasteiger partial charge in [0.15, 0.2) is 0 Å². The molecule has 0 aliphatic carbocycles. The van der Waals surface area contributed by atoms with Crippen molar-refractivity contribution in [3.63, 3.8) is 0 Å². The maximum absolute atomic E-state index is 5.71. The van der Waals surface area contributed by atoms with Crippen LogP contribution in [0.3, 0.4) is 0 Å². The van der Waals surface area contributed by atoms with Crippen molar-refractivity contribution in [2.24, 2.45) is 0 Å². The van der Waals surface area contributed by atoms with Crippen LogP contribution in [0.1, 0.15) is 0 Å². The lowest BCUT2D eigenvalue weighted by atomic mass is 10.3. The van der Waals surface area contributed by atoms with E-state index in [0.717, 1.165) is 4.47 Å². The minimum Gasteiger partial charge on any atom is -0.423 e. The summed E-state index contributed by atoms with van der Waals surface area (Å²) >= 11 is 3.42. The Hall–Kier alpha value is -2.48. The Morgan fingerprint density at radius 3 is 2.76 bits per heavy atom. The number of aromatic nitrogens is 5. The third-order valence-electron chi connectivity index (χ3n) is 2.60. The minimum atomic E-state index is 0.199. The molecule has 0 unspecified atom stereocenters. The van der Waals surface area contributed by atoms with Gasteiger partial charge in [-0.1, -0.05) is 12.1 Å². The molecule has 3 rings (SSSR count). The molecule has 0 bridgehead atoms. The van der Waals surface area contributed by atoms with Gasteiger partial charge in [-0.15, -0.1) is 0 Å². The largest absolute Gasteiger partial charge is 0.423 e. The molecule has 0 atom stereocenters. The molecular weight excluding hydrogens is 336 g/mol. The molecule has 0 saturated carbocycles. The molecule has 8 heteroatoms. The number of nitrogens with one attached hydrogen (secondary N) is 1. The average Bonchev–Trinajstić information content (AvgIpc) is 3.04. The summed E-state index contributed by atoms with van der Waals surface area (Å²) < 4.78 is 8.20. The van der Waals surface area contributed by atoms with Crippen LogP contribution in [-0.2, 0) is 0 Å². The van der Waals surface area contributed by atoms with Crippen LogP contribution in [0.25, 0.3) is 5.95 Å². The Bertz CT molecular complexity index is 746. The summed E-state index contributed by atoms with van der Waals surface area (Å²) in [5, 5.41) is 2.88. The number of para-hydroxylation sites is 1. The third-order valence-corrected chi connectivity index (χ3v) is 3.26. The van der Waals surface area contributed by atoms with Gasteiger partial charge in [0.2, 0.25) is 11.9 Å². The molecule has 2 heterocycles. The third kappa shape index (κ3) is 3.00. The topological polar surface area (TPSA) is 77.8 Å². The van der Waals surface area contributed by atoms with E-state index in [1.54, 1.807) is 30.3 Å². The second-order valence-corrected chi connectivity index (χ2v) is 4.85. The molecule has 0 spiro atoms. The Kier molecular flexibility index (Phi) is 3.78. The highest BCUT2D eigenvalue weighted by atomic mass is 79.9. The maximum Gasteiger partial charge on any atom is 0.328 e. The molecule has 0 amide bonds. The van der Waals surface area contributed by atoms with Crippen LogP contribution >= 0.6 is 15.9 Å². The van der Waals surface area contributed by atoms with Gasteiger partial charge in [0.1, 0.15) is 12.1 Å². The molecule has 1 N–H and O–H groups in total. The van der Waals surface area contributed by atoms with Crippen LogP contribution in [0.5, 0.6) is 11.8 Å². The van der Waals surface area contributed by atoms with Crippen molar-refractivity contribution in [3.8, 4) is 17.7 Å². The first-order valence-corrected chi connectivity index (χ1v) is 6.90. The van der Waals surface area contributed by atoms with Gasteiger partial charge in [0, 0.05) is 19.4 Å². The summed E-state index contributed by atoms with van der Waals surface area (Å²) in [6, 6.07) is 7.68. The zero-order valence-electron chi connectivity index (χ0n) is 11.1. The quantitative estimate of drug-likeness (QED) is 0.782. The summed E-state index contributed by atoms with van der Waals surface area (Å²) in [5.74, 6) is 1.46. The summed E-state index contributed by atoms with van der Waals surface area (Å²) in [5.41, 5.74) is 0. The number of ether oxygens (including phenoxy) is 1. The van der Waals surface area contributed by atoms with Crippen molar-refractivity contribution in [3.05, 3.63) is 47.5 Å². The van der Waals surface area contributed by atoms with Gasteiger partial charge in [-0.25, -0.2) is 4.98 Å². The fourth-order valence-electron chi connectivity index (χ4n) is 1.62. The summed E-state index contributed by atoms with van der Waals surface area (Å²) in [7, 11) is 1.73. The summed E-state index contributed by atoms with van der Waals surface area (Å²) in [6.45, 7) is 0. The zero-order valence-corrected chi connectivity index (χ0v) is 12.6. The predicted molar refractivity (Wildman–Crippen MR) is 80.7 cm³/mol. The molecule has 0 saturated heterocycles. The number of hydrogen-bond donors (Lipinski definition) is 1. The highest BCUT2D eigenvalue weighted by Crippen LogP contribution is 2.27. The number of imidazole rings is 1. The lowest BCUT2D eigenvalue weighted by molar-refractivity contribution is 0.436. The highest BCUT2D eigenvalue weighted by Gasteiger charge is 2.10. The van der Waals surface area contributed by atoms with Crippen LogP contribution < -0.4 is 10.1 Å². The van der Waals surface area contributed by atoms with E-state index in [0.29, 0.717) is 17.6 Å². The fraction of sp³-hybridized carbons (Fsp3) is 0.0769. The minimum absolute atomic E-state index is 0.199. The number of rotatable bonds is 4. The van der Waals surface area contributed by atoms with E-state index < -0.39 is 0 Å². The molecule has 1 aromatic carbocycles. The molecule has 0 fully saturated rings. The van der Waals surface area contributed by atoms with Gasteiger partial charge in [-0.2, -0.15) is 15.0 Å². The van der Waals surface area contributed by atoms with Crippen molar-refractivity contribution in [1.29, 1.82) is 0 Å². The lowest BCUT2D eigenvalue weighted by Gasteiger charge is -2.08. The first-order valence-electron chi connectivity index (χ1n) is 6.11. The fourth-order valence-corrected chi connectivity index (χ4v) is 1.99. The molecule has 0 aliphatic rings. The number of hydrogen-bond acceptors (Lipinski definition) is 6. The number of nitrogens with zero attached hydrogens (tertiary/aromatic N) is 5. The second kappa shape index (κ2) is 5.88. The second-order valence-electron chi connectivity index (χ2n) is 3.99. The van der Waals surface area contributed by atoms with Gasteiger partial charge < -0.3 is 10.1 Å². The van der Waals surface area contributed by atoms with Crippen molar-refractivity contribution >= 4 is 21.9 Å². The van der Waals surface area contributed by atoms with Crippen LogP contribution in [0.4, 0.5) is 5.95 Å². The Labute approximate surface area is 129 Å². The summed E-state index contributed by atoms with van der Waals surface area (Å²) in [4.78, 5) is 16.7. The lowest BCUT2D eigenvalue weighted by Crippen LogP contribution is -2.06. The van der Waals surface area contributed by atoms with Crippen molar-refractivity contribution in [2.45, 2.75) is 0 Å². The van der Waals surface area contributed by atoms with E-state index in [-0.39, 0.29) is 6.01 Å². The number of halogens is 1. The van der Waals surface area contributed by atoms with Gasteiger partial charge in [-0.3, -0.25) is 4.57 Å². The SMILES string of the molecule is CNc1nc(Oc2ccccc2Br)nc(-n2ccnc2)n1. The number of anilines is 1. The monoisotopic (exact) mass is 346 g/mol. The van der Waals surface area contributed by atoms with Crippen molar-refractivity contribution in [2.75, 3.05) is 12.4 Å². The van der Waals surface area contributed by atoms with Crippen molar-refractivity contribution < 1.29 is 4.74 Å². The Morgan fingerprint density at radius 2 is 2.05 bits per heavy atom. The van der Waals surface area contributed by atoms with Crippen LogP contribution in [0.2, 0.25) is 0 Å². The van der Waals surface area contributed by atoms with Crippen LogP contribution in [0, 0.1) is 0 Å². The van der Waals surface area contributed by atoms with Crippen LogP contribution in [-0.4, -0.2) is 31.6 Å². The van der Waals surface area contributed by atoms with Crippen molar-refractivity contribution in [1.82, 2.24) is 24.5 Å². The predicted octanol–water partition coefficient (Wildman–Crippen LogP) is 2.65. The van der Waals surface area contributed by atoms with E-state index in [1.807, 2.05) is 24.3 Å².